The average Bonchev–Trinajstić information content (AvgIpc) is 2.72. The minimum Gasteiger partial charge on any atom is -0.339 e. The summed E-state index contributed by atoms with van der Waals surface area (Å²) < 4.78 is 13.3. The highest BCUT2D eigenvalue weighted by molar-refractivity contribution is 5.98. The van der Waals surface area contributed by atoms with Gasteiger partial charge in [-0.1, -0.05) is 36.4 Å². The van der Waals surface area contributed by atoms with E-state index < -0.39 is 5.82 Å². The number of piperazine rings is 1. The number of nitrogens with zero attached hydrogens (tertiary/aromatic N) is 2. The molecule has 1 aliphatic rings. The molecule has 6 heteroatoms. The number of carbonyl (C=O) groups is 3. The normalized spacial score (nSPS) is 14.1. The number of ketones is 1. The second-order valence-electron chi connectivity index (χ2n) is 6.47. The Kier molecular flexibility index (Phi) is 5.96. The van der Waals surface area contributed by atoms with E-state index in [0.29, 0.717) is 37.3 Å². The standard InChI is InChI=1S/C21H21FN2O3/c22-18-8-4-7-17(15-18)21(27)24-13-11-23(12-14-24)20(26)10-9-19(25)16-5-2-1-3-6-16/h1-8,15H,9-14H2. The van der Waals surface area contributed by atoms with Crippen LogP contribution in [0.4, 0.5) is 4.39 Å². The van der Waals surface area contributed by atoms with E-state index in [0.717, 1.165) is 0 Å². The Balaban J connectivity index is 1.48. The van der Waals surface area contributed by atoms with Gasteiger partial charge in [0.2, 0.25) is 5.91 Å². The van der Waals surface area contributed by atoms with Gasteiger partial charge in [-0.3, -0.25) is 14.4 Å². The highest BCUT2D eigenvalue weighted by Gasteiger charge is 2.25. The fourth-order valence-corrected chi connectivity index (χ4v) is 3.11. The van der Waals surface area contributed by atoms with Crippen LogP contribution in [0.5, 0.6) is 0 Å². The van der Waals surface area contributed by atoms with Crippen molar-refractivity contribution in [2.75, 3.05) is 26.2 Å². The van der Waals surface area contributed by atoms with E-state index in [-0.39, 0.29) is 30.4 Å². The lowest BCUT2D eigenvalue weighted by Gasteiger charge is -2.34. The Morgan fingerprint density at radius 2 is 1.41 bits per heavy atom. The van der Waals surface area contributed by atoms with Crippen LogP contribution in [0.2, 0.25) is 0 Å². The molecule has 140 valence electrons. The van der Waals surface area contributed by atoms with E-state index in [4.69, 9.17) is 0 Å². The molecule has 3 rings (SSSR count). The molecule has 1 saturated heterocycles. The molecule has 0 unspecified atom stereocenters. The molecule has 2 aromatic carbocycles. The van der Waals surface area contributed by atoms with Crippen LogP contribution in [0, 0.1) is 5.82 Å². The highest BCUT2D eigenvalue weighted by Crippen LogP contribution is 2.12. The first-order valence-electron chi connectivity index (χ1n) is 8.95. The molecule has 2 amide bonds. The van der Waals surface area contributed by atoms with Gasteiger partial charge in [0.05, 0.1) is 0 Å². The third kappa shape index (κ3) is 4.78. The maximum Gasteiger partial charge on any atom is 0.254 e. The maximum absolute atomic E-state index is 13.3. The first kappa shape index (κ1) is 18.8. The zero-order chi connectivity index (χ0) is 19.2. The zero-order valence-electron chi connectivity index (χ0n) is 14.9. The van der Waals surface area contributed by atoms with E-state index in [1.807, 2.05) is 6.07 Å². The molecule has 0 aliphatic carbocycles. The number of amides is 2. The number of hydrogen-bond acceptors (Lipinski definition) is 3. The van der Waals surface area contributed by atoms with Gasteiger partial charge < -0.3 is 9.80 Å². The van der Waals surface area contributed by atoms with Crippen molar-refractivity contribution in [3.63, 3.8) is 0 Å². The Morgan fingerprint density at radius 1 is 0.778 bits per heavy atom. The van der Waals surface area contributed by atoms with Crippen molar-refractivity contribution < 1.29 is 18.8 Å². The van der Waals surface area contributed by atoms with Gasteiger partial charge in [0.15, 0.2) is 5.78 Å². The van der Waals surface area contributed by atoms with E-state index >= 15 is 0 Å². The first-order chi connectivity index (χ1) is 13.0. The summed E-state index contributed by atoms with van der Waals surface area (Å²) in [5, 5.41) is 0. The summed E-state index contributed by atoms with van der Waals surface area (Å²) >= 11 is 0. The molecule has 0 N–H and O–H groups in total. The van der Waals surface area contributed by atoms with Gasteiger partial charge in [-0.05, 0) is 18.2 Å². The van der Waals surface area contributed by atoms with Gasteiger partial charge >= 0.3 is 0 Å². The monoisotopic (exact) mass is 368 g/mol. The molecule has 0 atom stereocenters. The molecule has 0 aromatic heterocycles. The molecule has 2 aromatic rings. The van der Waals surface area contributed by atoms with Crippen LogP contribution in [-0.4, -0.2) is 53.6 Å². The number of rotatable bonds is 5. The highest BCUT2D eigenvalue weighted by atomic mass is 19.1. The van der Waals surface area contributed by atoms with Gasteiger partial charge in [0, 0.05) is 50.1 Å². The lowest BCUT2D eigenvalue weighted by Crippen LogP contribution is -2.50. The third-order valence-corrected chi connectivity index (χ3v) is 4.65. The third-order valence-electron chi connectivity index (χ3n) is 4.65. The summed E-state index contributed by atoms with van der Waals surface area (Å²) in [4.78, 5) is 40.2. The van der Waals surface area contributed by atoms with Crippen LogP contribution >= 0.6 is 0 Å². The van der Waals surface area contributed by atoms with Crippen molar-refractivity contribution in [2.24, 2.45) is 0 Å². The van der Waals surface area contributed by atoms with Gasteiger partial charge in [0.1, 0.15) is 5.82 Å². The molecular weight excluding hydrogens is 347 g/mol. The topological polar surface area (TPSA) is 57.7 Å². The van der Waals surface area contributed by atoms with Crippen molar-refractivity contribution in [1.29, 1.82) is 0 Å². The predicted octanol–water partition coefficient (Wildman–Crippen LogP) is 2.77. The molecule has 1 fully saturated rings. The number of carbonyl (C=O) groups excluding carboxylic acids is 3. The van der Waals surface area contributed by atoms with E-state index in [2.05, 4.69) is 0 Å². The molecule has 1 aliphatic heterocycles. The van der Waals surface area contributed by atoms with Crippen LogP contribution in [0.3, 0.4) is 0 Å². The maximum atomic E-state index is 13.3. The van der Waals surface area contributed by atoms with Gasteiger partial charge in [-0.25, -0.2) is 4.39 Å². The fraction of sp³-hybridized carbons (Fsp3) is 0.286. The smallest absolute Gasteiger partial charge is 0.254 e. The first-order valence-corrected chi connectivity index (χ1v) is 8.95. The SMILES string of the molecule is O=C(CCC(=O)N1CCN(C(=O)c2cccc(F)c2)CC1)c1ccccc1. The lowest BCUT2D eigenvalue weighted by atomic mass is 10.1. The summed E-state index contributed by atoms with van der Waals surface area (Å²) in [5.74, 6) is -0.820. The Labute approximate surface area is 157 Å². The second kappa shape index (κ2) is 8.58. The van der Waals surface area contributed by atoms with Crippen LogP contribution < -0.4 is 0 Å². The molecule has 0 radical (unpaired) electrons. The Hall–Kier alpha value is -3.02. The number of hydrogen-bond donors (Lipinski definition) is 0. The van der Waals surface area contributed by atoms with Crippen LogP contribution in [0.1, 0.15) is 33.6 Å². The zero-order valence-corrected chi connectivity index (χ0v) is 14.9. The fourth-order valence-electron chi connectivity index (χ4n) is 3.11. The van der Waals surface area contributed by atoms with Crippen LogP contribution in [0.25, 0.3) is 0 Å². The predicted molar refractivity (Wildman–Crippen MR) is 98.9 cm³/mol. The Morgan fingerprint density at radius 3 is 2.07 bits per heavy atom. The molecule has 1 heterocycles. The molecule has 0 spiro atoms. The molecule has 27 heavy (non-hydrogen) atoms. The van der Waals surface area contributed by atoms with E-state index in [9.17, 15) is 18.8 Å². The summed E-state index contributed by atoms with van der Waals surface area (Å²) in [6.45, 7) is 1.63. The second-order valence-corrected chi connectivity index (χ2v) is 6.47. The molecule has 5 nitrogen and oxygen atoms in total. The van der Waals surface area contributed by atoms with Crippen LogP contribution in [-0.2, 0) is 4.79 Å². The van der Waals surface area contributed by atoms with Gasteiger partial charge in [-0.2, -0.15) is 0 Å². The summed E-state index contributed by atoms with van der Waals surface area (Å²) in [5.41, 5.74) is 0.916. The van der Waals surface area contributed by atoms with Crippen LogP contribution in [0.15, 0.2) is 54.6 Å². The summed E-state index contributed by atoms with van der Waals surface area (Å²) in [6.07, 6.45) is 0.330. The number of halogens is 1. The quantitative estimate of drug-likeness (QED) is 0.763. The lowest BCUT2D eigenvalue weighted by molar-refractivity contribution is -0.132. The van der Waals surface area contributed by atoms with Crippen molar-refractivity contribution in [1.82, 2.24) is 9.80 Å². The van der Waals surface area contributed by atoms with Crippen molar-refractivity contribution in [3.05, 3.63) is 71.5 Å². The Bertz CT molecular complexity index is 830. The van der Waals surface area contributed by atoms with Crippen molar-refractivity contribution >= 4 is 17.6 Å². The molecular formula is C21H21FN2O3. The van der Waals surface area contributed by atoms with E-state index in [1.54, 1.807) is 40.1 Å². The van der Waals surface area contributed by atoms with E-state index in [1.165, 1.54) is 18.2 Å². The summed E-state index contributed by atoms with van der Waals surface area (Å²) in [6, 6.07) is 14.5. The van der Waals surface area contributed by atoms with Gasteiger partial charge in [0.25, 0.3) is 5.91 Å². The summed E-state index contributed by atoms with van der Waals surface area (Å²) in [7, 11) is 0. The average molecular weight is 368 g/mol. The molecule has 0 bridgehead atoms. The van der Waals surface area contributed by atoms with Crippen molar-refractivity contribution in [3.8, 4) is 0 Å². The number of benzene rings is 2. The molecule has 0 saturated carbocycles. The van der Waals surface area contributed by atoms with Gasteiger partial charge in [-0.15, -0.1) is 0 Å². The minimum absolute atomic E-state index is 0.0520. The minimum atomic E-state index is -0.447. The number of Topliss-reactive ketones (excluding diaryl/α,β-unsaturated/α-hetero) is 1. The largest absolute Gasteiger partial charge is 0.339 e. The van der Waals surface area contributed by atoms with Crippen molar-refractivity contribution in [2.45, 2.75) is 12.8 Å².